The first kappa shape index (κ1) is 25.0. The fraction of sp³-hybridized carbons (Fsp3) is 0.440. The van der Waals surface area contributed by atoms with Crippen molar-refractivity contribution >= 4 is 29.3 Å². The van der Waals surface area contributed by atoms with Gasteiger partial charge in [-0.25, -0.2) is 14.8 Å². The number of aromatic nitrogens is 2. The zero-order valence-corrected chi connectivity index (χ0v) is 21.4. The zero-order chi connectivity index (χ0) is 25.0. The number of carbonyl (C=O) groups excluding carboxylic acids is 1. The highest BCUT2D eigenvalue weighted by Crippen LogP contribution is 2.32. The van der Waals surface area contributed by atoms with Gasteiger partial charge in [-0.2, -0.15) is 0 Å². The molecular weight excluding hydrogens is 430 g/mol. The average molecular weight is 466 g/mol. The standard InChI is InChI=1S/C25H35N7O2/c1-15(2)34-20-11-18(10-19(12-20)30-25(33)26-5)24-17(4)29-23(32(24)8)9-16(3)21-13-22(31(6)7)28-14-27-21/h9-12,15H,13-14H2,1-8H3,(H2,26,30,33)/b16-9+. The largest absolute Gasteiger partial charge is 0.491 e. The summed E-state index contributed by atoms with van der Waals surface area (Å²) in [6, 6.07) is 5.44. The summed E-state index contributed by atoms with van der Waals surface area (Å²) in [7, 11) is 7.58. The van der Waals surface area contributed by atoms with Gasteiger partial charge in [0.05, 0.1) is 17.5 Å². The van der Waals surface area contributed by atoms with Crippen LogP contribution in [0.5, 0.6) is 5.75 Å². The van der Waals surface area contributed by atoms with Crippen LogP contribution in [0.25, 0.3) is 17.3 Å². The van der Waals surface area contributed by atoms with E-state index in [1.165, 1.54) is 0 Å². The molecule has 34 heavy (non-hydrogen) atoms. The summed E-state index contributed by atoms with van der Waals surface area (Å²) in [5.41, 5.74) is 5.47. The van der Waals surface area contributed by atoms with Crippen LogP contribution >= 0.6 is 0 Å². The van der Waals surface area contributed by atoms with Crippen molar-refractivity contribution in [2.45, 2.75) is 40.2 Å². The molecule has 0 fully saturated rings. The highest BCUT2D eigenvalue weighted by Gasteiger charge is 2.18. The molecule has 2 aromatic rings. The van der Waals surface area contributed by atoms with Gasteiger partial charge in [0.2, 0.25) is 0 Å². The molecule has 0 saturated carbocycles. The van der Waals surface area contributed by atoms with Crippen molar-refractivity contribution in [1.29, 1.82) is 0 Å². The lowest BCUT2D eigenvalue weighted by atomic mass is 10.1. The van der Waals surface area contributed by atoms with E-state index in [0.717, 1.165) is 39.9 Å². The lowest BCUT2D eigenvalue weighted by Crippen LogP contribution is -2.27. The number of aliphatic imine (C=N–C) groups is 2. The van der Waals surface area contributed by atoms with Crippen molar-refractivity contribution in [3.63, 3.8) is 0 Å². The predicted octanol–water partition coefficient (Wildman–Crippen LogP) is 4.10. The number of ether oxygens (including phenoxy) is 1. The molecule has 0 spiro atoms. The molecule has 3 rings (SSSR count). The third-order valence-corrected chi connectivity index (χ3v) is 5.50. The fourth-order valence-electron chi connectivity index (χ4n) is 3.83. The minimum Gasteiger partial charge on any atom is -0.491 e. The molecular formula is C25H35N7O2. The van der Waals surface area contributed by atoms with Crippen LogP contribution in [-0.4, -0.2) is 65.9 Å². The van der Waals surface area contributed by atoms with Gasteiger partial charge in [0.25, 0.3) is 0 Å². The molecule has 182 valence electrons. The van der Waals surface area contributed by atoms with Crippen molar-refractivity contribution in [3.05, 3.63) is 35.3 Å². The number of amidine groups is 1. The summed E-state index contributed by atoms with van der Waals surface area (Å²) in [5, 5.41) is 5.43. The summed E-state index contributed by atoms with van der Waals surface area (Å²) in [6.45, 7) is 8.44. The third-order valence-electron chi connectivity index (χ3n) is 5.50. The van der Waals surface area contributed by atoms with Gasteiger partial charge in [-0.05, 0) is 51.5 Å². The molecule has 2 N–H and O–H groups in total. The number of carbonyl (C=O) groups is 1. The van der Waals surface area contributed by atoms with Crippen molar-refractivity contribution < 1.29 is 9.53 Å². The number of amides is 2. The zero-order valence-electron chi connectivity index (χ0n) is 21.4. The van der Waals surface area contributed by atoms with Gasteiger partial charge >= 0.3 is 6.03 Å². The second-order valence-corrected chi connectivity index (χ2v) is 8.80. The molecule has 2 amide bonds. The maximum Gasteiger partial charge on any atom is 0.318 e. The van der Waals surface area contributed by atoms with Gasteiger partial charge in [0, 0.05) is 57.6 Å². The molecule has 0 aliphatic carbocycles. The van der Waals surface area contributed by atoms with Gasteiger partial charge in [0.1, 0.15) is 24.1 Å². The maximum atomic E-state index is 11.9. The van der Waals surface area contributed by atoms with Crippen LogP contribution < -0.4 is 15.4 Å². The van der Waals surface area contributed by atoms with E-state index >= 15 is 0 Å². The smallest absolute Gasteiger partial charge is 0.318 e. The number of urea groups is 1. The van der Waals surface area contributed by atoms with E-state index in [0.29, 0.717) is 24.5 Å². The highest BCUT2D eigenvalue weighted by atomic mass is 16.5. The molecule has 0 atom stereocenters. The van der Waals surface area contributed by atoms with E-state index in [-0.39, 0.29) is 12.1 Å². The predicted molar refractivity (Wildman–Crippen MR) is 139 cm³/mol. The van der Waals surface area contributed by atoms with Crippen LogP contribution in [0.4, 0.5) is 10.5 Å². The first-order valence-electron chi connectivity index (χ1n) is 11.4. The van der Waals surface area contributed by atoms with E-state index in [2.05, 4.69) is 38.2 Å². The van der Waals surface area contributed by atoms with Crippen molar-refractivity contribution in [2.24, 2.45) is 17.0 Å². The molecule has 0 unspecified atom stereocenters. The van der Waals surface area contributed by atoms with Gasteiger partial charge in [-0.15, -0.1) is 0 Å². The Morgan fingerprint density at radius 1 is 1.24 bits per heavy atom. The molecule has 1 aromatic heterocycles. The maximum absolute atomic E-state index is 11.9. The Bertz CT molecular complexity index is 1160. The number of benzene rings is 1. The number of hydrogen-bond acceptors (Lipinski definition) is 6. The van der Waals surface area contributed by atoms with Crippen LogP contribution in [0.1, 0.15) is 38.7 Å². The lowest BCUT2D eigenvalue weighted by molar-refractivity contribution is 0.242. The van der Waals surface area contributed by atoms with E-state index in [1.54, 1.807) is 7.05 Å². The quantitative estimate of drug-likeness (QED) is 0.671. The Balaban J connectivity index is 1.99. The minimum atomic E-state index is -0.289. The molecule has 1 aromatic carbocycles. The molecule has 1 aliphatic rings. The molecule has 0 saturated heterocycles. The first-order valence-corrected chi connectivity index (χ1v) is 11.4. The normalized spacial score (nSPS) is 14.0. The fourth-order valence-corrected chi connectivity index (χ4v) is 3.83. The first-order chi connectivity index (χ1) is 16.1. The summed E-state index contributed by atoms with van der Waals surface area (Å²) >= 11 is 0. The Labute approximate surface area is 201 Å². The number of aryl methyl sites for hydroxylation is 1. The van der Waals surface area contributed by atoms with Crippen molar-refractivity contribution in [3.8, 4) is 17.0 Å². The van der Waals surface area contributed by atoms with E-state index < -0.39 is 0 Å². The third kappa shape index (κ3) is 5.84. The van der Waals surface area contributed by atoms with Crippen molar-refractivity contribution in [1.82, 2.24) is 19.8 Å². The van der Waals surface area contributed by atoms with Gasteiger partial charge in [0.15, 0.2) is 0 Å². The lowest BCUT2D eigenvalue weighted by Gasteiger charge is -2.20. The van der Waals surface area contributed by atoms with Gasteiger partial charge < -0.3 is 24.8 Å². The van der Waals surface area contributed by atoms with Crippen LogP contribution in [0.3, 0.4) is 0 Å². The molecule has 1 aliphatic heterocycles. The number of nitrogens with one attached hydrogen (secondary N) is 2. The molecule has 9 heteroatoms. The summed E-state index contributed by atoms with van der Waals surface area (Å²) in [4.78, 5) is 27.8. The minimum absolute atomic E-state index is 0.00347. The van der Waals surface area contributed by atoms with Gasteiger partial charge in [-0.1, -0.05) is 0 Å². The van der Waals surface area contributed by atoms with Crippen LogP contribution in [0.2, 0.25) is 0 Å². The molecule has 2 heterocycles. The van der Waals surface area contributed by atoms with Crippen molar-refractivity contribution in [2.75, 3.05) is 33.1 Å². The van der Waals surface area contributed by atoms with E-state index in [9.17, 15) is 4.79 Å². The topological polar surface area (TPSA) is 96.1 Å². The second-order valence-electron chi connectivity index (χ2n) is 8.80. The summed E-state index contributed by atoms with van der Waals surface area (Å²) in [5.74, 6) is 2.53. The van der Waals surface area contributed by atoms with Crippen LogP contribution in [-0.2, 0) is 7.05 Å². The second kappa shape index (κ2) is 10.5. The van der Waals surface area contributed by atoms with Crippen LogP contribution in [0, 0.1) is 6.92 Å². The van der Waals surface area contributed by atoms with E-state index in [4.69, 9.17) is 9.72 Å². The molecule has 0 radical (unpaired) electrons. The number of nitrogens with zero attached hydrogens (tertiary/aromatic N) is 5. The SMILES string of the molecule is CNC(=O)Nc1cc(OC(C)C)cc(-c2c(C)nc(/C=C(\C)C3=NCN=C(N(C)C)C3)n2C)c1. The highest BCUT2D eigenvalue weighted by molar-refractivity contribution is 6.14. The molecule has 9 nitrogen and oxygen atoms in total. The summed E-state index contributed by atoms with van der Waals surface area (Å²) in [6.07, 6.45) is 2.77. The van der Waals surface area contributed by atoms with Gasteiger partial charge in [-0.3, -0.25) is 4.99 Å². The number of hydrogen-bond donors (Lipinski definition) is 2. The average Bonchev–Trinajstić information content (AvgIpc) is 3.05. The number of anilines is 1. The Kier molecular flexibility index (Phi) is 7.75. The number of allylic oxidation sites excluding steroid dienone is 1. The van der Waals surface area contributed by atoms with E-state index in [1.807, 2.05) is 65.0 Å². The monoisotopic (exact) mass is 465 g/mol. The Morgan fingerprint density at radius 3 is 2.62 bits per heavy atom. The van der Waals surface area contributed by atoms with Crippen LogP contribution in [0.15, 0.2) is 33.8 Å². The number of imidazole rings is 1. The Hall–Kier alpha value is -3.62. The summed E-state index contributed by atoms with van der Waals surface area (Å²) < 4.78 is 8.00. The Morgan fingerprint density at radius 2 is 1.97 bits per heavy atom. The molecule has 0 bridgehead atoms. The number of rotatable bonds is 6.